The molecule has 3 rings (SSSR count). The molecule has 1 aromatic rings. The molecule has 2 fully saturated rings. The van der Waals surface area contributed by atoms with Gasteiger partial charge in [-0.1, -0.05) is 12.5 Å². The maximum absolute atomic E-state index is 13.1. The lowest BCUT2D eigenvalue weighted by atomic mass is 10.0. The first-order chi connectivity index (χ1) is 12.1. The lowest BCUT2D eigenvalue weighted by molar-refractivity contribution is 0.00938. The molecule has 0 unspecified atom stereocenters. The van der Waals surface area contributed by atoms with Crippen molar-refractivity contribution in [3.63, 3.8) is 0 Å². The first-order valence-corrected chi connectivity index (χ1v) is 9.02. The van der Waals surface area contributed by atoms with Crippen molar-refractivity contribution >= 4 is 11.9 Å². The van der Waals surface area contributed by atoms with E-state index in [2.05, 4.69) is 4.90 Å². The van der Waals surface area contributed by atoms with E-state index in [0.29, 0.717) is 23.7 Å². The van der Waals surface area contributed by atoms with Gasteiger partial charge in [0.1, 0.15) is 0 Å². The van der Waals surface area contributed by atoms with Gasteiger partial charge in [0.25, 0.3) is 5.91 Å². The number of carboxylic acid groups (broad SMARTS) is 1. The first kappa shape index (κ1) is 17.9. The van der Waals surface area contributed by atoms with Crippen molar-refractivity contribution in [3.8, 4) is 0 Å². The van der Waals surface area contributed by atoms with E-state index in [1.165, 1.54) is 0 Å². The number of benzene rings is 1. The van der Waals surface area contributed by atoms with Crippen molar-refractivity contribution in [2.75, 3.05) is 39.4 Å². The highest BCUT2D eigenvalue weighted by Gasteiger charge is 2.29. The number of amides is 1. The number of hydrogen-bond donors (Lipinski definition) is 1. The average molecular weight is 346 g/mol. The Morgan fingerprint density at radius 3 is 2.56 bits per heavy atom. The standard InChI is InChI=1S/C19H26N2O4/c1-14-16(6-4-7-17(14)19(23)24)18(22)21-8-3-2-5-15(13-21)20-9-11-25-12-10-20/h4,6-7,15H,2-3,5,8-13H2,1H3,(H,23,24)/t15-/m0/s1. The molecule has 2 saturated heterocycles. The zero-order chi connectivity index (χ0) is 17.8. The fourth-order valence-corrected chi connectivity index (χ4v) is 3.81. The van der Waals surface area contributed by atoms with Gasteiger partial charge >= 0.3 is 5.97 Å². The molecule has 25 heavy (non-hydrogen) atoms. The van der Waals surface area contributed by atoms with E-state index >= 15 is 0 Å². The summed E-state index contributed by atoms with van der Waals surface area (Å²) < 4.78 is 5.44. The minimum Gasteiger partial charge on any atom is -0.478 e. The Kier molecular flexibility index (Phi) is 5.71. The van der Waals surface area contributed by atoms with Gasteiger partial charge < -0.3 is 14.7 Å². The van der Waals surface area contributed by atoms with Gasteiger partial charge in [-0.25, -0.2) is 4.79 Å². The summed E-state index contributed by atoms with van der Waals surface area (Å²) in [5.41, 5.74) is 1.25. The van der Waals surface area contributed by atoms with Crippen LogP contribution >= 0.6 is 0 Å². The normalized spacial score (nSPS) is 22.4. The van der Waals surface area contributed by atoms with Gasteiger partial charge in [0, 0.05) is 37.8 Å². The summed E-state index contributed by atoms with van der Waals surface area (Å²) in [5.74, 6) is -1.05. The van der Waals surface area contributed by atoms with Crippen molar-refractivity contribution in [3.05, 3.63) is 34.9 Å². The third kappa shape index (κ3) is 4.02. The highest BCUT2D eigenvalue weighted by Crippen LogP contribution is 2.21. The Bertz CT molecular complexity index is 640. The Morgan fingerprint density at radius 2 is 1.84 bits per heavy atom. The average Bonchev–Trinajstić information content (AvgIpc) is 2.88. The predicted octanol–water partition coefficient (Wildman–Crippen LogP) is 2.02. The molecule has 0 aromatic heterocycles. The van der Waals surface area contributed by atoms with E-state index in [0.717, 1.165) is 52.1 Å². The monoisotopic (exact) mass is 346 g/mol. The number of rotatable bonds is 3. The SMILES string of the molecule is Cc1c(C(=O)O)cccc1C(=O)N1CCCC[C@H](N2CCOCC2)C1. The van der Waals surface area contributed by atoms with Crippen LogP contribution in [0.3, 0.4) is 0 Å². The van der Waals surface area contributed by atoms with Crippen LogP contribution < -0.4 is 0 Å². The molecule has 6 heteroatoms. The summed E-state index contributed by atoms with van der Waals surface area (Å²) >= 11 is 0. The highest BCUT2D eigenvalue weighted by molar-refractivity contribution is 5.99. The van der Waals surface area contributed by atoms with Crippen LogP contribution in [-0.4, -0.2) is 72.2 Å². The smallest absolute Gasteiger partial charge is 0.335 e. The fraction of sp³-hybridized carbons (Fsp3) is 0.579. The minimum absolute atomic E-state index is 0.0549. The molecule has 0 bridgehead atoms. The van der Waals surface area contributed by atoms with Gasteiger partial charge in [-0.15, -0.1) is 0 Å². The molecular formula is C19H26N2O4. The molecule has 0 spiro atoms. The summed E-state index contributed by atoms with van der Waals surface area (Å²) in [4.78, 5) is 28.7. The molecule has 0 saturated carbocycles. The second-order valence-electron chi connectivity index (χ2n) is 6.83. The van der Waals surface area contributed by atoms with E-state index < -0.39 is 5.97 Å². The van der Waals surface area contributed by atoms with Crippen molar-refractivity contribution in [2.24, 2.45) is 0 Å². The summed E-state index contributed by atoms with van der Waals surface area (Å²) in [7, 11) is 0. The number of carboxylic acids is 1. The summed E-state index contributed by atoms with van der Waals surface area (Å²) in [6, 6.07) is 5.30. The number of carbonyl (C=O) groups excluding carboxylic acids is 1. The van der Waals surface area contributed by atoms with Crippen LogP contribution in [0, 0.1) is 6.92 Å². The van der Waals surface area contributed by atoms with E-state index in [9.17, 15) is 14.7 Å². The quantitative estimate of drug-likeness (QED) is 0.907. The molecular weight excluding hydrogens is 320 g/mol. The Labute approximate surface area is 148 Å². The number of morpholine rings is 1. The molecule has 1 N–H and O–H groups in total. The summed E-state index contributed by atoms with van der Waals surface area (Å²) in [5, 5.41) is 9.30. The number of likely N-dealkylation sites (tertiary alicyclic amines) is 1. The van der Waals surface area contributed by atoms with Crippen LogP contribution in [0.4, 0.5) is 0 Å². The number of ether oxygens (including phenoxy) is 1. The second-order valence-corrected chi connectivity index (χ2v) is 6.83. The van der Waals surface area contributed by atoms with E-state index in [4.69, 9.17) is 4.74 Å². The second kappa shape index (κ2) is 7.97. The Balaban J connectivity index is 1.78. The zero-order valence-electron chi connectivity index (χ0n) is 14.7. The zero-order valence-corrected chi connectivity index (χ0v) is 14.7. The highest BCUT2D eigenvalue weighted by atomic mass is 16.5. The van der Waals surface area contributed by atoms with E-state index in [1.54, 1.807) is 25.1 Å². The lowest BCUT2D eigenvalue weighted by Gasteiger charge is -2.36. The van der Waals surface area contributed by atoms with Crippen LogP contribution in [0.5, 0.6) is 0 Å². The summed E-state index contributed by atoms with van der Waals surface area (Å²) in [6.07, 6.45) is 3.20. The molecule has 0 aliphatic carbocycles. The maximum atomic E-state index is 13.1. The minimum atomic E-state index is -0.991. The largest absolute Gasteiger partial charge is 0.478 e. The maximum Gasteiger partial charge on any atom is 0.335 e. The van der Waals surface area contributed by atoms with Crippen molar-refractivity contribution in [1.29, 1.82) is 0 Å². The number of hydrogen-bond acceptors (Lipinski definition) is 4. The molecule has 2 aliphatic rings. The fourth-order valence-electron chi connectivity index (χ4n) is 3.81. The van der Waals surface area contributed by atoms with Gasteiger partial charge in [-0.05, 0) is 37.5 Å². The molecule has 1 atom stereocenters. The van der Waals surface area contributed by atoms with Crippen molar-refractivity contribution in [1.82, 2.24) is 9.80 Å². The van der Waals surface area contributed by atoms with Crippen molar-refractivity contribution in [2.45, 2.75) is 32.2 Å². The predicted molar refractivity (Wildman–Crippen MR) is 94.1 cm³/mol. The van der Waals surface area contributed by atoms with Gasteiger partial charge in [-0.3, -0.25) is 9.69 Å². The third-order valence-electron chi connectivity index (χ3n) is 5.29. The topological polar surface area (TPSA) is 70.1 Å². The van der Waals surface area contributed by atoms with Crippen LogP contribution in [0.1, 0.15) is 45.5 Å². The molecule has 6 nitrogen and oxygen atoms in total. The van der Waals surface area contributed by atoms with Gasteiger partial charge in [-0.2, -0.15) is 0 Å². The Hall–Kier alpha value is -1.92. The molecule has 0 radical (unpaired) electrons. The van der Waals surface area contributed by atoms with E-state index in [1.807, 2.05) is 4.90 Å². The molecule has 1 amide bonds. The molecule has 1 aromatic carbocycles. The van der Waals surface area contributed by atoms with Gasteiger partial charge in [0.05, 0.1) is 18.8 Å². The van der Waals surface area contributed by atoms with Crippen LogP contribution in [0.25, 0.3) is 0 Å². The third-order valence-corrected chi connectivity index (χ3v) is 5.29. The van der Waals surface area contributed by atoms with Gasteiger partial charge in [0.15, 0.2) is 0 Å². The van der Waals surface area contributed by atoms with Crippen LogP contribution in [0.15, 0.2) is 18.2 Å². The summed E-state index contributed by atoms with van der Waals surface area (Å²) in [6.45, 7) is 6.49. The first-order valence-electron chi connectivity index (χ1n) is 9.02. The number of aromatic carboxylic acids is 1. The van der Waals surface area contributed by atoms with Gasteiger partial charge in [0.2, 0.25) is 0 Å². The molecule has 136 valence electrons. The molecule has 2 aliphatic heterocycles. The lowest BCUT2D eigenvalue weighted by Crippen LogP contribution is -2.49. The van der Waals surface area contributed by atoms with Crippen LogP contribution in [-0.2, 0) is 4.74 Å². The Morgan fingerprint density at radius 1 is 1.12 bits per heavy atom. The number of nitrogens with zero attached hydrogens (tertiary/aromatic N) is 2. The van der Waals surface area contributed by atoms with Crippen LogP contribution in [0.2, 0.25) is 0 Å². The molecule has 2 heterocycles. The van der Waals surface area contributed by atoms with Crippen molar-refractivity contribution < 1.29 is 19.4 Å². The number of carbonyl (C=O) groups is 2. The van der Waals surface area contributed by atoms with E-state index in [-0.39, 0.29) is 11.5 Å².